The van der Waals surface area contributed by atoms with Gasteiger partial charge in [-0.15, -0.1) is 0 Å². The van der Waals surface area contributed by atoms with E-state index in [0.29, 0.717) is 35.3 Å². The van der Waals surface area contributed by atoms with Crippen LogP contribution in [0, 0.1) is 20.8 Å². The Kier molecular flexibility index (Phi) is 13.7. The molecule has 3 N–H and O–H groups in total. The molecule has 0 spiro atoms. The molecule has 0 saturated heterocycles. The van der Waals surface area contributed by atoms with Crippen LogP contribution in [0.25, 0.3) is 0 Å². The number of hydrogen-bond acceptors (Lipinski definition) is 3. The van der Waals surface area contributed by atoms with Crippen molar-refractivity contribution in [2.45, 2.75) is 125 Å². The molecule has 2 amide bonds. The molecule has 5 heteroatoms. The van der Waals surface area contributed by atoms with Crippen LogP contribution in [0.15, 0.2) is 0 Å². The number of benzene rings is 1. The number of anilines is 2. The Hall–Kier alpha value is -2.04. The number of rotatable bonds is 16. The van der Waals surface area contributed by atoms with Gasteiger partial charge in [0.1, 0.15) is 5.75 Å². The first-order valence-corrected chi connectivity index (χ1v) is 12.8. The molecule has 0 unspecified atom stereocenters. The van der Waals surface area contributed by atoms with Crippen LogP contribution in [-0.4, -0.2) is 16.9 Å². The molecule has 0 aliphatic carbocycles. The summed E-state index contributed by atoms with van der Waals surface area (Å²) in [6.45, 7) is 9.94. The van der Waals surface area contributed by atoms with E-state index < -0.39 is 0 Å². The van der Waals surface area contributed by atoms with Crippen LogP contribution in [0.3, 0.4) is 0 Å². The lowest BCUT2D eigenvalue weighted by Crippen LogP contribution is -2.17. The SMILES string of the molecule is CCCCCCCCC(=O)Nc1c(C)c(C)c(O)c(NC(=O)CCCCCCCC)c1C. The summed E-state index contributed by atoms with van der Waals surface area (Å²) in [5.74, 6) is -0.0159. The van der Waals surface area contributed by atoms with Gasteiger partial charge in [0, 0.05) is 24.1 Å². The monoisotopic (exact) mass is 446 g/mol. The fourth-order valence-corrected chi connectivity index (χ4v) is 4.01. The molecule has 1 rings (SSSR count). The Morgan fingerprint density at radius 2 is 1.00 bits per heavy atom. The molecule has 0 saturated carbocycles. The topological polar surface area (TPSA) is 78.4 Å². The number of unbranched alkanes of at least 4 members (excludes halogenated alkanes) is 10. The largest absolute Gasteiger partial charge is 0.505 e. The zero-order chi connectivity index (χ0) is 23.9. The van der Waals surface area contributed by atoms with E-state index in [9.17, 15) is 14.7 Å². The molecule has 0 atom stereocenters. The molecule has 0 fully saturated rings. The third-order valence-corrected chi connectivity index (χ3v) is 6.32. The van der Waals surface area contributed by atoms with Gasteiger partial charge in [-0.3, -0.25) is 9.59 Å². The van der Waals surface area contributed by atoms with Gasteiger partial charge in [0.05, 0.1) is 5.69 Å². The van der Waals surface area contributed by atoms with Gasteiger partial charge in [0.2, 0.25) is 11.8 Å². The summed E-state index contributed by atoms with van der Waals surface area (Å²) in [6, 6.07) is 0. The Morgan fingerprint density at radius 3 is 1.47 bits per heavy atom. The van der Waals surface area contributed by atoms with Crippen molar-refractivity contribution in [2.24, 2.45) is 0 Å². The highest BCUT2D eigenvalue weighted by Crippen LogP contribution is 2.39. The van der Waals surface area contributed by atoms with Gasteiger partial charge >= 0.3 is 0 Å². The second-order valence-corrected chi connectivity index (χ2v) is 9.11. The van der Waals surface area contributed by atoms with Crippen molar-refractivity contribution in [1.82, 2.24) is 0 Å². The van der Waals surface area contributed by atoms with Gasteiger partial charge in [0.25, 0.3) is 0 Å². The molecular weight excluding hydrogens is 400 g/mol. The smallest absolute Gasteiger partial charge is 0.224 e. The molecular formula is C27H46N2O3. The minimum absolute atomic E-state index is 0.0128. The third kappa shape index (κ3) is 9.62. The zero-order valence-electron chi connectivity index (χ0n) is 21.2. The minimum Gasteiger partial charge on any atom is -0.505 e. The Labute approximate surface area is 195 Å². The van der Waals surface area contributed by atoms with E-state index in [0.717, 1.165) is 37.7 Å². The van der Waals surface area contributed by atoms with E-state index in [4.69, 9.17) is 0 Å². The molecule has 0 aromatic heterocycles. The quantitative estimate of drug-likeness (QED) is 0.138. The molecule has 5 nitrogen and oxygen atoms in total. The lowest BCUT2D eigenvalue weighted by molar-refractivity contribution is -0.117. The van der Waals surface area contributed by atoms with Crippen LogP contribution in [0.4, 0.5) is 11.4 Å². The van der Waals surface area contributed by atoms with Gasteiger partial charge < -0.3 is 15.7 Å². The average molecular weight is 447 g/mol. The second-order valence-electron chi connectivity index (χ2n) is 9.11. The Morgan fingerprint density at radius 1 is 0.594 bits per heavy atom. The number of amides is 2. The number of carbonyl (C=O) groups excluding carboxylic acids is 2. The van der Waals surface area contributed by atoms with Crippen molar-refractivity contribution >= 4 is 23.2 Å². The predicted molar refractivity (Wildman–Crippen MR) is 136 cm³/mol. The average Bonchev–Trinajstić information content (AvgIpc) is 2.77. The first-order valence-electron chi connectivity index (χ1n) is 12.8. The summed E-state index contributed by atoms with van der Waals surface area (Å²) in [4.78, 5) is 25.0. The van der Waals surface area contributed by atoms with E-state index in [1.165, 1.54) is 44.9 Å². The lowest BCUT2D eigenvalue weighted by atomic mass is 9.99. The van der Waals surface area contributed by atoms with Crippen LogP contribution in [0.5, 0.6) is 5.75 Å². The second kappa shape index (κ2) is 15.7. The van der Waals surface area contributed by atoms with Crippen molar-refractivity contribution in [3.8, 4) is 5.75 Å². The molecule has 32 heavy (non-hydrogen) atoms. The molecule has 0 radical (unpaired) electrons. The number of carbonyl (C=O) groups is 2. The highest BCUT2D eigenvalue weighted by molar-refractivity contribution is 5.98. The summed E-state index contributed by atoms with van der Waals surface area (Å²) in [5, 5.41) is 16.6. The molecule has 1 aromatic carbocycles. The van der Waals surface area contributed by atoms with Gasteiger partial charge in [-0.2, -0.15) is 0 Å². The summed E-state index contributed by atoms with van der Waals surface area (Å²) in [5.41, 5.74) is 3.34. The number of phenolic OH excluding ortho intramolecular Hbond substituents is 1. The van der Waals surface area contributed by atoms with Crippen molar-refractivity contribution in [2.75, 3.05) is 10.6 Å². The highest BCUT2D eigenvalue weighted by Gasteiger charge is 2.20. The van der Waals surface area contributed by atoms with Crippen LogP contribution in [0.1, 0.15) is 120 Å². The van der Waals surface area contributed by atoms with E-state index in [-0.39, 0.29) is 17.6 Å². The fourth-order valence-electron chi connectivity index (χ4n) is 4.01. The minimum atomic E-state index is -0.0912. The van der Waals surface area contributed by atoms with E-state index >= 15 is 0 Å². The third-order valence-electron chi connectivity index (χ3n) is 6.32. The number of phenols is 1. The van der Waals surface area contributed by atoms with Crippen molar-refractivity contribution in [1.29, 1.82) is 0 Å². The van der Waals surface area contributed by atoms with Crippen molar-refractivity contribution in [3.63, 3.8) is 0 Å². The summed E-state index contributed by atoms with van der Waals surface area (Å²) >= 11 is 0. The lowest BCUT2D eigenvalue weighted by Gasteiger charge is -2.20. The van der Waals surface area contributed by atoms with Crippen LogP contribution < -0.4 is 10.6 Å². The van der Waals surface area contributed by atoms with E-state index in [1.807, 2.05) is 20.8 Å². The molecule has 182 valence electrons. The van der Waals surface area contributed by atoms with Gasteiger partial charge in [0.15, 0.2) is 0 Å². The molecule has 1 aromatic rings. The summed E-state index contributed by atoms with van der Waals surface area (Å²) in [7, 11) is 0. The highest BCUT2D eigenvalue weighted by atomic mass is 16.3. The summed E-state index contributed by atoms with van der Waals surface area (Å²) in [6.07, 6.45) is 14.5. The molecule has 0 bridgehead atoms. The van der Waals surface area contributed by atoms with Crippen molar-refractivity contribution < 1.29 is 14.7 Å². The maximum atomic E-state index is 12.5. The van der Waals surface area contributed by atoms with Crippen LogP contribution >= 0.6 is 0 Å². The molecule has 0 heterocycles. The van der Waals surface area contributed by atoms with Gasteiger partial charge in [-0.05, 0) is 44.7 Å². The van der Waals surface area contributed by atoms with Crippen molar-refractivity contribution in [3.05, 3.63) is 16.7 Å². The summed E-state index contributed by atoms with van der Waals surface area (Å²) < 4.78 is 0. The Bertz CT molecular complexity index is 671. The molecule has 0 aliphatic heterocycles. The van der Waals surface area contributed by atoms with Crippen LogP contribution in [-0.2, 0) is 9.59 Å². The van der Waals surface area contributed by atoms with Gasteiger partial charge in [-0.25, -0.2) is 0 Å². The van der Waals surface area contributed by atoms with E-state index in [1.54, 1.807) is 0 Å². The zero-order valence-corrected chi connectivity index (χ0v) is 21.2. The predicted octanol–water partition coefficient (Wildman–Crippen LogP) is 7.70. The van der Waals surface area contributed by atoms with Gasteiger partial charge in [-0.1, -0.05) is 78.1 Å². The van der Waals surface area contributed by atoms with E-state index in [2.05, 4.69) is 24.5 Å². The normalized spacial score (nSPS) is 10.9. The Balaban J connectivity index is 2.70. The first-order chi connectivity index (χ1) is 15.3. The number of aromatic hydroxyl groups is 1. The fraction of sp³-hybridized carbons (Fsp3) is 0.704. The standard InChI is InChI=1S/C27H46N2O3/c1-6-8-10-12-14-16-18-23(30)28-25-20(3)21(4)27(32)26(22(25)5)29-24(31)19-17-15-13-11-9-7-2/h32H,6-19H2,1-5H3,(H,28,30)(H,29,31). The van der Waals surface area contributed by atoms with Crippen LogP contribution in [0.2, 0.25) is 0 Å². The molecule has 0 aliphatic rings. The maximum absolute atomic E-state index is 12.5. The number of nitrogens with one attached hydrogen (secondary N) is 2. The number of hydrogen-bond donors (Lipinski definition) is 3. The maximum Gasteiger partial charge on any atom is 0.224 e. The first kappa shape index (κ1) is 28.0.